The lowest BCUT2D eigenvalue weighted by Crippen LogP contribution is -2.54. The second-order valence-electron chi connectivity index (χ2n) is 3.56. The van der Waals surface area contributed by atoms with E-state index in [4.69, 9.17) is 0 Å². The van der Waals surface area contributed by atoms with Gasteiger partial charge in [-0.2, -0.15) is 26.3 Å². The molecule has 0 aromatic carbocycles. The van der Waals surface area contributed by atoms with E-state index in [2.05, 4.69) is 0 Å². The molecule has 8 heteroatoms. The molecule has 0 N–H and O–H groups in total. The van der Waals surface area contributed by atoms with Crippen LogP contribution in [0.25, 0.3) is 0 Å². The van der Waals surface area contributed by atoms with Crippen LogP contribution in [-0.2, 0) is 6.42 Å². The number of alkyl halides is 7. The van der Waals surface area contributed by atoms with Crippen LogP contribution in [0, 0.1) is 6.92 Å². The van der Waals surface area contributed by atoms with E-state index in [1.807, 2.05) is 0 Å². The molecule has 0 atom stereocenters. The first-order chi connectivity index (χ1) is 7.47. The van der Waals surface area contributed by atoms with Gasteiger partial charge in [-0.1, -0.05) is 0 Å². The quantitative estimate of drug-likeness (QED) is 0.703. The second kappa shape index (κ2) is 4.15. The van der Waals surface area contributed by atoms with Crippen molar-refractivity contribution in [2.45, 2.75) is 31.4 Å². The van der Waals surface area contributed by atoms with E-state index in [0.717, 1.165) is 6.07 Å². The fourth-order valence-corrected chi connectivity index (χ4v) is 2.13. The predicted octanol–water partition coefficient (Wildman–Crippen LogP) is 4.43. The van der Waals surface area contributed by atoms with Gasteiger partial charge in [-0.15, -0.1) is 11.3 Å². The summed E-state index contributed by atoms with van der Waals surface area (Å²) in [7, 11) is 0. The second-order valence-corrected chi connectivity index (χ2v) is 4.56. The van der Waals surface area contributed by atoms with Crippen molar-refractivity contribution >= 4 is 11.3 Å². The van der Waals surface area contributed by atoms with Crippen LogP contribution >= 0.6 is 11.3 Å². The summed E-state index contributed by atoms with van der Waals surface area (Å²) in [4.78, 5) is -0.292. The van der Waals surface area contributed by atoms with Gasteiger partial charge in [0.2, 0.25) is 0 Å². The lowest BCUT2D eigenvalue weighted by molar-refractivity contribution is -0.340. The van der Waals surface area contributed by atoms with E-state index < -0.39 is 24.4 Å². The van der Waals surface area contributed by atoms with E-state index in [9.17, 15) is 30.7 Å². The number of aryl methyl sites for hydroxylation is 1. The SMILES string of the molecule is Cc1csc(CC(F)(C(F)(F)F)C(F)(F)F)c1. The Bertz CT molecular complexity index is 373. The average Bonchev–Trinajstić information content (AvgIpc) is 2.47. The molecule has 1 rings (SSSR count). The Balaban J connectivity index is 3.10. The molecule has 0 aliphatic heterocycles. The third kappa shape index (κ3) is 2.72. The van der Waals surface area contributed by atoms with Crippen LogP contribution in [-0.4, -0.2) is 18.0 Å². The van der Waals surface area contributed by atoms with Crippen LogP contribution in [0.15, 0.2) is 11.4 Å². The molecular weight excluding hydrogens is 273 g/mol. The molecule has 0 nitrogen and oxygen atoms in total. The van der Waals surface area contributed by atoms with Crippen LogP contribution in [0.1, 0.15) is 10.4 Å². The summed E-state index contributed by atoms with van der Waals surface area (Å²) in [6, 6.07) is 1.11. The highest BCUT2D eigenvalue weighted by atomic mass is 32.1. The zero-order valence-electron chi connectivity index (χ0n) is 8.42. The highest BCUT2D eigenvalue weighted by Gasteiger charge is 2.72. The molecule has 1 aromatic rings. The molecular formula is C9H7F7S. The number of thiophene rings is 1. The lowest BCUT2D eigenvalue weighted by atomic mass is 9.99. The normalized spacial score (nSPS) is 14.1. The third-order valence-corrected chi connectivity index (χ3v) is 3.16. The third-order valence-electron chi connectivity index (χ3n) is 2.10. The maximum Gasteiger partial charge on any atom is 0.431 e. The molecule has 0 aliphatic rings. The zero-order valence-corrected chi connectivity index (χ0v) is 9.23. The van der Waals surface area contributed by atoms with Gasteiger partial charge >= 0.3 is 18.0 Å². The molecule has 0 radical (unpaired) electrons. The van der Waals surface area contributed by atoms with Crippen LogP contribution in [0.3, 0.4) is 0 Å². The Labute approximate surface area is 96.1 Å². The summed E-state index contributed by atoms with van der Waals surface area (Å²) in [6.07, 6.45) is -13.7. The maximum atomic E-state index is 13.3. The van der Waals surface area contributed by atoms with Gasteiger partial charge in [-0.25, -0.2) is 4.39 Å². The molecule has 0 spiro atoms. The first-order valence-corrected chi connectivity index (χ1v) is 5.22. The van der Waals surface area contributed by atoms with E-state index >= 15 is 0 Å². The molecule has 0 bridgehead atoms. The topological polar surface area (TPSA) is 0 Å². The van der Waals surface area contributed by atoms with Crippen molar-refractivity contribution in [2.75, 3.05) is 0 Å². The van der Waals surface area contributed by atoms with Crippen LogP contribution in [0.2, 0.25) is 0 Å². The van der Waals surface area contributed by atoms with E-state index in [1.54, 1.807) is 0 Å². The van der Waals surface area contributed by atoms with Gasteiger partial charge in [-0.3, -0.25) is 0 Å². The predicted molar refractivity (Wildman–Crippen MR) is 48.7 cm³/mol. The van der Waals surface area contributed by atoms with Gasteiger partial charge in [0.25, 0.3) is 0 Å². The van der Waals surface area contributed by atoms with Crippen molar-refractivity contribution in [3.8, 4) is 0 Å². The first-order valence-electron chi connectivity index (χ1n) is 4.34. The summed E-state index contributed by atoms with van der Waals surface area (Å²) >= 11 is 0.669. The standard InChI is InChI=1S/C9H7F7S/c1-5-2-6(17-4-5)3-7(10,8(11,12)13)9(14,15)16/h2,4H,3H2,1H3. The number of hydrogen-bond acceptors (Lipinski definition) is 1. The van der Waals surface area contributed by atoms with Crippen molar-refractivity contribution in [3.63, 3.8) is 0 Å². The van der Waals surface area contributed by atoms with E-state index in [1.165, 1.54) is 12.3 Å². The fourth-order valence-electron chi connectivity index (χ4n) is 1.18. The van der Waals surface area contributed by atoms with Crippen molar-refractivity contribution in [3.05, 3.63) is 21.9 Å². The molecule has 0 saturated carbocycles. The summed E-state index contributed by atoms with van der Waals surface area (Å²) in [5.41, 5.74) is -4.70. The van der Waals surface area contributed by atoms with Gasteiger partial charge in [0.1, 0.15) is 0 Å². The maximum absolute atomic E-state index is 13.3. The minimum absolute atomic E-state index is 0.292. The Morgan fingerprint density at radius 3 is 1.76 bits per heavy atom. The van der Waals surface area contributed by atoms with E-state index in [0.29, 0.717) is 16.9 Å². The highest BCUT2D eigenvalue weighted by Crippen LogP contribution is 2.48. The highest BCUT2D eigenvalue weighted by molar-refractivity contribution is 7.10. The van der Waals surface area contributed by atoms with Crippen molar-refractivity contribution < 1.29 is 30.7 Å². The largest absolute Gasteiger partial charge is 0.431 e. The molecule has 0 fully saturated rings. The van der Waals surface area contributed by atoms with E-state index in [-0.39, 0.29) is 4.88 Å². The van der Waals surface area contributed by atoms with Gasteiger partial charge < -0.3 is 0 Å². The Kier molecular flexibility index (Phi) is 3.48. The zero-order chi connectivity index (χ0) is 13.5. The molecule has 0 amide bonds. The fraction of sp³-hybridized carbons (Fsp3) is 0.556. The van der Waals surface area contributed by atoms with Gasteiger partial charge in [0.05, 0.1) is 0 Å². The molecule has 1 heterocycles. The molecule has 0 aliphatic carbocycles. The monoisotopic (exact) mass is 280 g/mol. The van der Waals surface area contributed by atoms with Crippen LogP contribution < -0.4 is 0 Å². The minimum Gasteiger partial charge on any atom is -0.223 e. The van der Waals surface area contributed by atoms with Gasteiger partial charge in [0, 0.05) is 11.3 Å². The number of halogens is 7. The summed E-state index contributed by atoms with van der Waals surface area (Å²) in [5, 5.41) is 1.36. The Hall–Kier alpha value is -0.790. The molecule has 1 aromatic heterocycles. The first kappa shape index (κ1) is 14.3. The Morgan fingerprint density at radius 1 is 1.00 bits per heavy atom. The number of hydrogen-bond donors (Lipinski definition) is 0. The molecule has 17 heavy (non-hydrogen) atoms. The Morgan fingerprint density at radius 2 is 1.47 bits per heavy atom. The molecule has 98 valence electrons. The van der Waals surface area contributed by atoms with Crippen molar-refractivity contribution in [1.29, 1.82) is 0 Å². The van der Waals surface area contributed by atoms with Gasteiger partial charge in [-0.05, 0) is 23.9 Å². The van der Waals surface area contributed by atoms with Gasteiger partial charge in [0.15, 0.2) is 0 Å². The van der Waals surface area contributed by atoms with Crippen LogP contribution in [0.4, 0.5) is 30.7 Å². The van der Waals surface area contributed by atoms with Crippen molar-refractivity contribution in [1.82, 2.24) is 0 Å². The molecule has 0 unspecified atom stereocenters. The lowest BCUT2D eigenvalue weighted by Gasteiger charge is -2.29. The summed E-state index contributed by atoms with van der Waals surface area (Å²) in [6.45, 7) is 1.50. The smallest absolute Gasteiger partial charge is 0.223 e. The summed E-state index contributed by atoms with van der Waals surface area (Å²) < 4.78 is 86.5. The average molecular weight is 280 g/mol. The van der Waals surface area contributed by atoms with Crippen molar-refractivity contribution in [2.24, 2.45) is 0 Å². The van der Waals surface area contributed by atoms with Crippen LogP contribution in [0.5, 0.6) is 0 Å². The summed E-state index contributed by atoms with van der Waals surface area (Å²) in [5.74, 6) is 0. The number of rotatable bonds is 2. The minimum atomic E-state index is -5.98. The molecule has 0 saturated heterocycles.